The van der Waals surface area contributed by atoms with E-state index in [0.717, 1.165) is 102 Å². The lowest BCUT2D eigenvalue weighted by atomic mass is 10.0. The van der Waals surface area contributed by atoms with E-state index in [1.165, 1.54) is 82.9 Å². The lowest BCUT2D eigenvalue weighted by Crippen LogP contribution is -2.33. The summed E-state index contributed by atoms with van der Waals surface area (Å²) in [5.41, 5.74) is 11.5. The Balaban J connectivity index is 0.000000161. The van der Waals surface area contributed by atoms with Gasteiger partial charge in [-0.3, -0.25) is 39.1 Å². The zero-order valence-corrected chi connectivity index (χ0v) is 62.7. The van der Waals surface area contributed by atoms with Crippen LogP contribution in [0.25, 0.3) is 88.1 Å². The quantitative estimate of drug-likeness (QED) is 0.0416. The van der Waals surface area contributed by atoms with E-state index in [4.69, 9.17) is 0 Å². The number of rotatable bonds is 24. The Labute approximate surface area is 621 Å². The second kappa shape index (κ2) is 35.3. The van der Waals surface area contributed by atoms with Crippen LogP contribution >= 0.6 is 47.0 Å². The van der Waals surface area contributed by atoms with Crippen LogP contribution in [0, 0.1) is 24.4 Å². The highest BCUT2D eigenvalue weighted by Gasteiger charge is 2.40. The van der Waals surface area contributed by atoms with E-state index in [2.05, 4.69) is 63.3 Å². The van der Waals surface area contributed by atoms with Crippen molar-refractivity contribution in [2.75, 3.05) is 0 Å². The summed E-state index contributed by atoms with van der Waals surface area (Å²) in [7, 11) is 0. The fourth-order valence-electron chi connectivity index (χ4n) is 12.2. The minimum absolute atomic E-state index is 0.274. The molecule has 0 unspecified atom stereocenters. The molecule has 536 valence electrons. The number of aryl methyl sites for hydroxylation is 1. The predicted molar refractivity (Wildman–Crippen MR) is 421 cm³/mol. The number of halogens is 3. The minimum Gasteiger partial charge on any atom is -0.480 e. The Bertz CT molecular complexity index is 4890. The van der Waals surface area contributed by atoms with Crippen LogP contribution in [0.2, 0.25) is 0 Å². The number of carboxylic acids is 4. The maximum atomic E-state index is 14.2. The van der Waals surface area contributed by atoms with Gasteiger partial charge in [0.2, 0.25) is 0 Å². The van der Waals surface area contributed by atoms with E-state index in [9.17, 15) is 52.8 Å². The molecule has 0 aliphatic rings. The summed E-state index contributed by atoms with van der Waals surface area (Å²) >= 11 is 5.54. The second-order valence-electron chi connectivity index (χ2n) is 25.0. The summed E-state index contributed by atoms with van der Waals surface area (Å²) in [5, 5.41) is 42.6. The summed E-state index contributed by atoms with van der Waals surface area (Å²) in [6.07, 6.45) is 11.1. The fraction of sp³-hybridized carbons (Fsp3) is 0.247. The zero-order valence-electron chi connectivity index (χ0n) is 59.4. The molecule has 0 radical (unpaired) electrons. The van der Waals surface area contributed by atoms with Gasteiger partial charge in [0.25, 0.3) is 0 Å². The van der Waals surface area contributed by atoms with Crippen molar-refractivity contribution in [3.63, 3.8) is 0 Å². The lowest BCUT2D eigenvalue weighted by molar-refractivity contribution is -0.141. The van der Waals surface area contributed by atoms with Crippen LogP contribution in [0.5, 0.6) is 0 Å². The first kappa shape index (κ1) is 78.6. The zero-order chi connectivity index (χ0) is 74.9. The molecule has 0 saturated carbocycles. The molecule has 12 rings (SSSR count). The van der Waals surface area contributed by atoms with Gasteiger partial charge in [-0.15, -0.1) is 47.0 Å². The van der Waals surface area contributed by atoms with E-state index in [-0.39, 0.29) is 17.5 Å². The molecule has 12 aromatic rings. The monoisotopic (exact) mass is 1470 g/mol. The van der Waals surface area contributed by atoms with Gasteiger partial charge in [0.05, 0.1) is 22.1 Å². The molecule has 0 saturated heterocycles. The molecule has 0 aliphatic carbocycles. The minimum atomic E-state index is -0.887. The van der Waals surface area contributed by atoms with Gasteiger partial charge in [0.1, 0.15) is 36.4 Å². The number of thioether (sulfide) groups is 4. The summed E-state index contributed by atoms with van der Waals surface area (Å²) in [5.74, 6) is -4.03. The third-order valence-electron chi connectivity index (χ3n) is 19.0. The Morgan fingerprint density at radius 3 is 0.942 bits per heavy atom. The molecule has 12 nitrogen and oxygen atoms in total. The molecule has 104 heavy (non-hydrogen) atoms. The molecule has 0 aliphatic heterocycles. The largest absolute Gasteiger partial charge is 0.480 e. The van der Waals surface area contributed by atoms with Crippen molar-refractivity contribution < 1.29 is 52.8 Å². The van der Waals surface area contributed by atoms with Crippen LogP contribution in [0.15, 0.2) is 238 Å². The SMILES string of the molecule is CCC(CC)(Sc1ccnc2ccc(-c3ccc(F)cc3)cc12)C(=O)O.CCC(CC)(Sc1ccnc2ccc(-c3cccc(C)c3)cc12)C(=O)O.CCC(CC)(Sc1ccnc2ccc(-c3cccc(F)c3)cc12)C(=O)O.CCC(CC)(Sc1ccnc2ccc(-c3ccccc3F)cc12)C(=O)O. The van der Waals surface area contributed by atoms with Gasteiger partial charge < -0.3 is 20.4 Å². The third kappa shape index (κ3) is 18.0. The molecule has 19 heteroatoms. The Kier molecular flexibility index (Phi) is 26.7. The highest BCUT2D eigenvalue weighted by atomic mass is 32.2. The van der Waals surface area contributed by atoms with Crippen molar-refractivity contribution in [1.29, 1.82) is 0 Å². The average Bonchev–Trinajstić information content (AvgIpc) is 0.812. The lowest BCUT2D eigenvalue weighted by Gasteiger charge is -2.26. The molecule has 4 heterocycles. The first-order valence-electron chi connectivity index (χ1n) is 34.6. The van der Waals surface area contributed by atoms with Crippen LogP contribution in [0.1, 0.15) is 112 Å². The first-order chi connectivity index (χ1) is 50.0. The number of fused-ring (bicyclic) bond motifs is 4. The van der Waals surface area contributed by atoms with Crippen LogP contribution in [-0.4, -0.2) is 83.2 Å². The summed E-state index contributed by atoms with van der Waals surface area (Å²) < 4.78 is 37.5. The Hall–Kier alpha value is -9.53. The Morgan fingerprint density at radius 2 is 0.615 bits per heavy atom. The number of pyridine rings is 4. The number of hydrogen-bond donors (Lipinski definition) is 4. The van der Waals surface area contributed by atoms with Crippen LogP contribution in [-0.2, 0) is 19.2 Å². The Morgan fingerprint density at radius 1 is 0.317 bits per heavy atom. The number of aromatic nitrogens is 4. The van der Waals surface area contributed by atoms with Gasteiger partial charge >= 0.3 is 23.9 Å². The van der Waals surface area contributed by atoms with Crippen molar-refractivity contribution in [2.24, 2.45) is 0 Å². The molecule has 0 spiro atoms. The van der Waals surface area contributed by atoms with E-state index in [1.807, 2.05) is 146 Å². The highest BCUT2D eigenvalue weighted by Crippen LogP contribution is 2.47. The number of carbonyl (C=O) groups is 4. The van der Waals surface area contributed by atoms with Gasteiger partial charge in [0, 0.05) is 71.5 Å². The van der Waals surface area contributed by atoms with E-state index in [0.29, 0.717) is 56.9 Å². The molecule has 4 aromatic heterocycles. The molecular formula is C85H83F3N4O8S4. The molecule has 0 amide bonds. The van der Waals surface area contributed by atoms with E-state index >= 15 is 0 Å². The van der Waals surface area contributed by atoms with Crippen LogP contribution in [0.3, 0.4) is 0 Å². The normalized spacial score (nSPS) is 11.7. The van der Waals surface area contributed by atoms with Gasteiger partial charge in [-0.05, 0) is 200 Å². The molecule has 0 bridgehead atoms. The van der Waals surface area contributed by atoms with Crippen LogP contribution in [0.4, 0.5) is 13.2 Å². The third-order valence-corrected chi connectivity index (χ3v) is 25.9. The summed E-state index contributed by atoms with van der Waals surface area (Å²) in [6.45, 7) is 17.3. The summed E-state index contributed by atoms with van der Waals surface area (Å²) in [4.78, 5) is 68.7. The van der Waals surface area contributed by atoms with Crippen molar-refractivity contribution in [1.82, 2.24) is 19.9 Å². The van der Waals surface area contributed by atoms with Gasteiger partial charge in [-0.1, -0.05) is 152 Å². The average molecular weight is 1470 g/mol. The maximum absolute atomic E-state index is 14.2. The molecule has 8 aromatic carbocycles. The number of aliphatic carboxylic acids is 4. The maximum Gasteiger partial charge on any atom is 0.320 e. The van der Waals surface area contributed by atoms with Crippen molar-refractivity contribution >= 4 is 115 Å². The smallest absolute Gasteiger partial charge is 0.320 e. The van der Waals surface area contributed by atoms with Crippen molar-refractivity contribution in [2.45, 2.75) is 152 Å². The van der Waals surface area contributed by atoms with Crippen molar-refractivity contribution in [3.05, 3.63) is 242 Å². The second-order valence-corrected chi connectivity index (χ2v) is 30.7. The molecular weight excluding hydrogens is 1390 g/mol. The van der Waals surface area contributed by atoms with Crippen LogP contribution < -0.4 is 0 Å². The highest BCUT2D eigenvalue weighted by molar-refractivity contribution is 8.02. The fourth-order valence-corrected chi connectivity index (χ4v) is 17.0. The number of nitrogens with zero attached hydrogens (tertiary/aromatic N) is 4. The van der Waals surface area contributed by atoms with Crippen molar-refractivity contribution in [3.8, 4) is 44.5 Å². The van der Waals surface area contributed by atoms with Gasteiger partial charge in [-0.25, -0.2) is 13.2 Å². The number of hydrogen-bond acceptors (Lipinski definition) is 12. The summed E-state index contributed by atoms with van der Waals surface area (Å²) in [6, 6.07) is 58.6. The van der Waals surface area contributed by atoms with Gasteiger partial charge in [-0.2, -0.15) is 0 Å². The predicted octanol–water partition coefficient (Wildman–Crippen LogP) is 23.3. The number of benzene rings is 8. The van der Waals surface area contributed by atoms with E-state index in [1.54, 1.807) is 61.2 Å². The standard InChI is InChI=1S/C22H23NO2S.3C21H20FNO2S/c1-4-22(5-2,21(24)25)26-20-11-12-23-19-10-9-17(14-18(19)20)16-8-6-7-15(3)13-16;1-3-21(4-2,20(24)25)26-19-11-12-23-18-10-7-15(13-17(18)19)14-5-8-16(22)9-6-14;1-3-21(4-2,20(24)25)26-19-10-11-23-18-9-8-15(13-17(18)19)14-6-5-7-16(22)12-14;1-3-21(4-2,20(24)25)26-19-11-12-23-18-10-9-14(13-16(18)19)15-7-5-6-8-17(15)22/h6-14H,4-5H2,1-3H3,(H,24,25);3*5-13H,3-4H2,1-2H3,(H,24,25). The van der Waals surface area contributed by atoms with E-state index < -0.39 is 42.9 Å². The first-order valence-corrected chi connectivity index (χ1v) is 37.8. The molecule has 4 N–H and O–H groups in total. The molecule has 0 fully saturated rings. The molecule has 0 atom stereocenters. The van der Waals surface area contributed by atoms with Gasteiger partial charge in [0.15, 0.2) is 0 Å². The topological polar surface area (TPSA) is 201 Å². The number of carboxylic acid groups (broad SMARTS) is 4.